The number of ether oxygens (including phenoxy) is 1. The van der Waals surface area contributed by atoms with Crippen molar-refractivity contribution < 1.29 is 19.1 Å². The molecule has 2 aromatic heterocycles. The number of pyridine rings is 1. The SMILES string of the molecule is NC(=O)c1c(NC(=O)COC(=O)c2ccc(NC3CC3)nc2)sc2c1CCC2. The van der Waals surface area contributed by atoms with Crippen LogP contribution in [0, 0.1) is 0 Å². The molecule has 1 saturated carbocycles. The van der Waals surface area contributed by atoms with Gasteiger partial charge in [0.05, 0.1) is 11.1 Å². The first-order valence-corrected chi connectivity index (χ1v) is 9.97. The van der Waals surface area contributed by atoms with Crippen LogP contribution in [0.4, 0.5) is 10.8 Å². The van der Waals surface area contributed by atoms with Gasteiger partial charge in [0.2, 0.25) is 0 Å². The summed E-state index contributed by atoms with van der Waals surface area (Å²) in [5, 5.41) is 6.29. The zero-order valence-electron chi connectivity index (χ0n) is 15.1. The number of primary amides is 1. The number of hydrogen-bond acceptors (Lipinski definition) is 7. The third-order valence-electron chi connectivity index (χ3n) is 4.68. The number of fused-ring (bicyclic) bond motifs is 1. The molecule has 2 aromatic rings. The average molecular weight is 400 g/mol. The van der Waals surface area contributed by atoms with E-state index in [1.807, 2.05) is 0 Å². The molecule has 0 radical (unpaired) electrons. The lowest BCUT2D eigenvalue weighted by atomic mass is 10.1. The van der Waals surface area contributed by atoms with Crippen molar-refractivity contribution in [2.75, 3.05) is 17.2 Å². The Kier molecular flexibility index (Phi) is 4.99. The van der Waals surface area contributed by atoms with Crippen molar-refractivity contribution in [3.8, 4) is 0 Å². The number of carbonyl (C=O) groups excluding carboxylic acids is 3. The zero-order valence-corrected chi connectivity index (χ0v) is 15.9. The quantitative estimate of drug-likeness (QED) is 0.612. The molecule has 0 aliphatic heterocycles. The summed E-state index contributed by atoms with van der Waals surface area (Å²) in [6.45, 7) is -0.457. The van der Waals surface area contributed by atoms with Crippen LogP contribution in [0.2, 0.25) is 0 Å². The predicted molar refractivity (Wildman–Crippen MR) is 105 cm³/mol. The molecule has 2 aliphatic rings. The molecule has 0 aromatic carbocycles. The smallest absolute Gasteiger partial charge is 0.340 e. The van der Waals surface area contributed by atoms with E-state index < -0.39 is 24.4 Å². The fourth-order valence-corrected chi connectivity index (χ4v) is 4.48. The Morgan fingerprint density at radius 2 is 2.07 bits per heavy atom. The number of nitrogens with one attached hydrogen (secondary N) is 2. The Balaban J connectivity index is 1.33. The summed E-state index contributed by atoms with van der Waals surface area (Å²) in [6, 6.07) is 3.78. The largest absolute Gasteiger partial charge is 0.452 e. The molecule has 0 unspecified atom stereocenters. The van der Waals surface area contributed by atoms with Gasteiger partial charge in [-0.25, -0.2) is 9.78 Å². The maximum absolute atomic E-state index is 12.2. The second-order valence-corrected chi connectivity index (χ2v) is 8.01. The first-order valence-electron chi connectivity index (χ1n) is 9.15. The average Bonchev–Trinajstić information content (AvgIpc) is 3.25. The summed E-state index contributed by atoms with van der Waals surface area (Å²) in [6.07, 6.45) is 6.32. The minimum atomic E-state index is -0.635. The maximum Gasteiger partial charge on any atom is 0.340 e. The Morgan fingerprint density at radius 1 is 1.25 bits per heavy atom. The molecule has 8 nitrogen and oxygen atoms in total. The van der Waals surface area contributed by atoms with E-state index in [4.69, 9.17) is 10.5 Å². The summed E-state index contributed by atoms with van der Waals surface area (Å²) in [5.74, 6) is -1.00. The van der Waals surface area contributed by atoms with Crippen molar-refractivity contribution in [3.63, 3.8) is 0 Å². The molecule has 0 saturated heterocycles. The monoisotopic (exact) mass is 400 g/mol. The van der Waals surface area contributed by atoms with Crippen molar-refractivity contribution in [2.45, 2.75) is 38.1 Å². The number of nitrogens with two attached hydrogens (primary N) is 1. The normalized spacial score (nSPS) is 15.0. The Morgan fingerprint density at radius 3 is 2.75 bits per heavy atom. The molecule has 9 heteroatoms. The van der Waals surface area contributed by atoms with Gasteiger partial charge in [0.15, 0.2) is 6.61 Å². The van der Waals surface area contributed by atoms with Crippen molar-refractivity contribution in [2.24, 2.45) is 5.73 Å². The van der Waals surface area contributed by atoms with Gasteiger partial charge in [-0.15, -0.1) is 11.3 Å². The third-order valence-corrected chi connectivity index (χ3v) is 5.89. The van der Waals surface area contributed by atoms with E-state index in [2.05, 4.69) is 15.6 Å². The Labute approximate surface area is 165 Å². The Bertz CT molecular complexity index is 934. The van der Waals surface area contributed by atoms with Crippen LogP contribution in [0.3, 0.4) is 0 Å². The molecule has 0 bridgehead atoms. The number of esters is 1. The van der Waals surface area contributed by atoms with E-state index in [0.717, 1.165) is 42.5 Å². The van der Waals surface area contributed by atoms with Gasteiger partial charge in [0.25, 0.3) is 11.8 Å². The van der Waals surface area contributed by atoms with Crippen molar-refractivity contribution in [1.82, 2.24) is 4.98 Å². The van der Waals surface area contributed by atoms with Gasteiger partial charge >= 0.3 is 5.97 Å². The lowest BCUT2D eigenvalue weighted by molar-refractivity contribution is -0.119. The number of rotatable bonds is 7. The van der Waals surface area contributed by atoms with E-state index in [-0.39, 0.29) is 5.56 Å². The molecule has 4 N–H and O–H groups in total. The van der Waals surface area contributed by atoms with Crippen LogP contribution in [0.15, 0.2) is 18.3 Å². The van der Waals surface area contributed by atoms with Gasteiger partial charge in [-0.05, 0) is 49.8 Å². The first-order chi connectivity index (χ1) is 13.5. The second-order valence-electron chi connectivity index (χ2n) is 6.90. The van der Waals surface area contributed by atoms with E-state index in [9.17, 15) is 14.4 Å². The van der Waals surface area contributed by atoms with Crippen LogP contribution < -0.4 is 16.4 Å². The summed E-state index contributed by atoms with van der Waals surface area (Å²) < 4.78 is 5.05. The fourth-order valence-electron chi connectivity index (χ4n) is 3.17. The topological polar surface area (TPSA) is 123 Å². The number of amides is 2. The van der Waals surface area contributed by atoms with Crippen LogP contribution in [-0.4, -0.2) is 35.4 Å². The number of aromatic nitrogens is 1. The lowest BCUT2D eigenvalue weighted by Crippen LogP contribution is -2.22. The first kappa shape index (κ1) is 18.4. The van der Waals surface area contributed by atoms with Crippen LogP contribution in [0.25, 0.3) is 0 Å². The molecular formula is C19H20N4O4S. The standard InChI is InChI=1S/C19H20N4O4S/c20-17(25)16-12-2-1-3-13(12)28-18(16)23-15(24)9-27-19(26)10-4-7-14(21-8-10)22-11-5-6-11/h4,7-8,11H,1-3,5-6,9H2,(H2,20,25)(H,21,22)(H,23,24). The zero-order chi connectivity index (χ0) is 19.7. The highest BCUT2D eigenvalue weighted by Crippen LogP contribution is 2.38. The second kappa shape index (κ2) is 7.59. The van der Waals surface area contributed by atoms with Gasteiger partial charge in [-0.2, -0.15) is 0 Å². The minimum absolute atomic E-state index is 0.266. The fraction of sp³-hybridized carbons (Fsp3) is 0.368. The van der Waals surface area contributed by atoms with E-state index in [0.29, 0.717) is 22.4 Å². The summed E-state index contributed by atoms with van der Waals surface area (Å²) in [7, 11) is 0. The molecule has 0 atom stereocenters. The van der Waals surface area contributed by atoms with Gasteiger partial charge in [-0.1, -0.05) is 0 Å². The number of nitrogens with zero attached hydrogens (tertiary/aromatic N) is 1. The van der Waals surface area contributed by atoms with Gasteiger partial charge in [0.1, 0.15) is 10.8 Å². The molecule has 28 heavy (non-hydrogen) atoms. The molecule has 2 amide bonds. The van der Waals surface area contributed by atoms with E-state index in [1.165, 1.54) is 17.5 Å². The third kappa shape index (κ3) is 3.99. The minimum Gasteiger partial charge on any atom is -0.452 e. The number of anilines is 2. The highest BCUT2D eigenvalue weighted by Gasteiger charge is 2.26. The van der Waals surface area contributed by atoms with Gasteiger partial charge < -0.3 is 21.1 Å². The molecular weight excluding hydrogens is 380 g/mol. The maximum atomic E-state index is 12.2. The van der Waals surface area contributed by atoms with Crippen molar-refractivity contribution in [3.05, 3.63) is 39.9 Å². The van der Waals surface area contributed by atoms with Crippen LogP contribution in [0.1, 0.15) is 50.4 Å². The van der Waals surface area contributed by atoms with E-state index >= 15 is 0 Å². The van der Waals surface area contributed by atoms with Crippen molar-refractivity contribution >= 4 is 39.9 Å². The summed E-state index contributed by atoms with van der Waals surface area (Å²) >= 11 is 1.36. The number of carbonyl (C=O) groups is 3. The van der Waals surface area contributed by atoms with Crippen LogP contribution in [-0.2, 0) is 22.4 Å². The van der Waals surface area contributed by atoms with E-state index in [1.54, 1.807) is 12.1 Å². The molecule has 1 fully saturated rings. The Hall–Kier alpha value is -2.94. The van der Waals surface area contributed by atoms with Crippen molar-refractivity contribution in [1.29, 1.82) is 0 Å². The van der Waals surface area contributed by atoms with Crippen LogP contribution in [0.5, 0.6) is 0 Å². The number of hydrogen-bond donors (Lipinski definition) is 3. The molecule has 4 rings (SSSR count). The van der Waals surface area contributed by atoms with Gasteiger partial charge in [-0.3, -0.25) is 9.59 Å². The summed E-state index contributed by atoms with van der Waals surface area (Å²) in [4.78, 5) is 41.3. The van der Waals surface area contributed by atoms with Gasteiger partial charge in [0, 0.05) is 17.1 Å². The number of thiophene rings is 1. The molecule has 2 aliphatic carbocycles. The summed E-state index contributed by atoms with van der Waals surface area (Å²) in [5.41, 5.74) is 7.04. The highest BCUT2D eigenvalue weighted by atomic mass is 32.1. The number of aryl methyl sites for hydroxylation is 1. The molecule has 2 heterocycles. The highest BCUT2D eigenvalue weighted by molar-refractivity contribution is 7.17. The molecule has 146 valence electrons. The lowest BCUT2D eigenvalue weighted by Gasteiger charge is -2.08. The van der Waals surface area contributed by atoms with Crippen LogP contribution >= 0.6 is 11.3 Å². The molecule has 0 spiro atoms. The predicted octanol–water partition coefficient (Wildman–Crippen LogP) is 2.10.